The molecule has 0 saturated carbocycles. The molecule has 0 aliphatic rings. The molecule has 0 bridgehead atoms. The predicted molar refractivity (Wildman–Crippen MR) is 196 cm³/mol. The van der Waals surface area contributed by atoms with Crippen LogP contribution in [0.5, 0.6) is 33.4 Å². The van der Waals surface area contributed by atoms with Gasteiger partial charge in [-0.25, -0.2) is 9.97 Å². The maximum absolute atomic E-state index is 11.5. The van der Waals surface area contributed by atoms with Crippen molar-refractivity contribution >= 4 is 48.9 Å². The Morgan fingerprint density at radius 1 is 0.708 bits per heavy atom. The average Bonchev–Trinajstić information content (AvgIpc) is 3.73. The van der Waals surface area contributed by atoms with Gasteiger partial charge < -0.3 is 24.7 Å². The molecule has 10 heteroatoms. The van der Waals surface area contributed by atoms with Crippen molar-refractivity contribution < 1.29 is 23.7 Å². The number of aryl methyl sites for hydroxylation is 2. The van der Waals surface area contributed by atoms with Crippen molar-refractivity contribution in [3.8, 4) is 33.4 Å². The van der Waals surface area contributed by atoms with E-state index < -0.39 is 0 Å². The number of para-hydroxylation sites is 2. The highest BCUT2D eigenvalue weighted by Crippen LogP contribution is 2.37. The Hall–Kier alpha value is -4.51. The summed E-state index contributed by atoms with van der Waals surface area (Å²) in [7, 11) is 3.27. The second kappa shape index (κ2) is 17.1. The molecule has 2 N–H and O–H groups in total. The van der Waals surface area contributed by atoms with E-state index in [1.54, 1.807) is 14.2 Å². The fraction of sp³-hybridized carbons (Fsp3) is 0.289. The summed E-state index contributed by atoms with van der Waals surface area (Å²) in [5.41, 5.74) is 10.1. The minimum atomic E-state index is 0.245. The number of thiazole rings is 2. The summed E-state index contributed by atoms with van der Waals surface area (Å²) in [6.07, 6.45) is 4.75. The largest absolute Gasteiger partial charge is 0.493 e. The van der Waals surface area contributed by atoms with E-state index in [2.05, 4.69) is 23.0 Å². The molecule has 250 valence electrons. The van der Waals surface area contributed by atoms with Crippen LogP contribution < -0.4 is 24.7 Å². The molecule has 1 atom stereocenters. The lowest BCUT2D eigenvalue weighted by Gasteiger charge is -2.12. The first-order valence-electron chi connectivity index (χ1n) is 16.1. The Balaban J connectivity index is 0.000000188. The number of Topliss-reactive ketones (excluding diaryl/α,β-unsaturated/α-hetero) is 1. The number of rotatable bonds is 14. The van der Waals surface area contributed by atoms with Gasteiger partial charge in [-0.05, 0) is 85.3 Å². The maximum Gasteiger partial charge on any atom is 0.279 e. The van der Waals surface area contributed by atoms with Crippen LogP contribution in [0, 0.1) is 0 Å². The number of nitrogens with zero attached hydrogens (tertiary/aromatic N) is 2. The topological polar surface area (TPSA) is 106 Å². The van der Waals surface area contributed by atoms with Crippen LogP contribution in [-0.2, 0) is 17.6 Å². The Morgan fingerprint density at radius 3 is 1.67 bits per heavy atom. The van der Waals surface area contributed by atoms with Crippen molar-refractivity contribution in [2.24, 2.45) is 5.73 Å². The molecule has 0 spiro atoms. The molecule has 1 unspecified atom stereocenters. The molecule has 8 nitrogen and oxygen atoms in total. The van der Waals surface area contributed by atoms with Gasteiger partial charge >= 0.3 is 0 Å². The van der Waals surface area contributed by atoms with Gasteiger partial charge in [-0.1, -0.05) is 72.9 Å². The van der Waals surface area contributed by atoms with E-state index in [1.165, 1.54) is 28.2 Å². The molecular formula is C38H41N3O5S2. The van der Waals surface area contributed by atoms with Crippen LogP contribution in [0.3, 0.4) is 0 Å². The van der Waals surface area contributed by atoms with E-state index in [0.29, 0.717) is 46.9 Å². The average molecular weight is 684 g/mol. The van der Waals surface area contributed by atoms with E-state index in [4.69, 9.17) is 24.7 Å². The molecule has 0 amide bonds. The zero-order valence-electron chi connectivity index (χ0n) is 27.7. The minimum Gasteiger partial charge on any atom is -0.493 e. The molecule has 6 rings (SSSR count). The van der Waals surface area contributed by atoms with E-state index >= 15 is 0 Å². The lowest BCUT2D eigenvalue weighted by atomic mass is 10.0. The molecule has 0 aliphatic carbocycles. The highest BCUT2D eigenvalue weighted by molar-refractivity contribution is 7.20. The Labute approximate surface area is 289 Å². The van der Waals surface area contributed by atoms with Gasteiger partial charge in [0.15, 0.2) is 23.0 Å². The third kappa shape index (κ3) is 9.31. The number of fused-ring (bicyclic) bond motifs is 2. The molecule has 0 radical (unpaired) electrons. The molecule has 0 fully saturated rings. The number of nitrogens with two attached hydrogens (primary N) is 1. The second-order valence-electron chi connectivity index (χ2n) is 11.2. The minimum absolute atomic E-state index is 0.245. The zero-order chi connectivity index (χ0) is 33.9. The van der Waals surface area contributed by atoms with Gasteiger partial charge in [0.25, 0.3) is 10.4 Å². The first-order valence-corrected chi connectivity index (χ1v) is 17.7. The first-order chi connectivity index (χ1) is 23.4. The van der Waals surface area contributed by atoms with Crippen LogP contribution in [-0.4, -0.2) is 36.0 Å². The van der Waals surface area contributed by atoms with Gasteiger partial charge in [0.1, 0.15) is 5.78 Å². The molecule has 2 heterocycles. The monoisotopic (exact) mass is 683 g/mol. The summed E-state index contributed by atoms with van der Waals surface area (Å²) in [5.74, 6) is 2.94. The Bertz CT molecular complexity index is 1890. The summed E-state index contributed by atoms with van der Waals surface area (Å²) >= 11 is 3.03. The van der Waals surface area contributed by atoms with Gasteiger partial charge in [-0.15, -0.1) is 0 Å². The summed E-state index contributed by atoms with van der Waals surface area (Å²) in [4.78, 5) is 20.4. The van der Waals surface area contributed by atoms with Crippen molar-refractivity contribution in [3.63, 3.8) is 0 Å². The highest BCUT2D eigenvalue weighted by atomic mass is 32.1. The van der Waals surface area contributed by atoms with Gasteiger partial charge in [-0.2, -0.15) is 0 Å². The van der Waals surface area contributed by atoms with Crippen LogP contribution in [0.1, 0.15) is 50.7 Å². The molecule has 4 aromatic carbocycles. The maximum atomic E-state index is 11.5. The summed E-state index contributed by atoms with van der Waals surface area (Å²) in [6, 6.07) is 27.9. The molecule has 0 aliphatic heterocycles. The standard InChI is InChI=1S/C19H22N2O2S.C19H19NO3S/c1-3-14(20)10-8-13-9-11-16(17(12-13)22-2)23-19-21-15-6-4-5-7-18(15)24-19;1-3-14(21)10-8-13-9-11-16(17(12-13)22-2)23-19-20-15-6-4-5-7-18(15)24-19/h4-7,9,11-12,14H,3,8,10,20H2,1-2H3;4-7,9,11-12H,3,8,10H2,1-2H3. The van der Waals surface area contributed by atoms with Crippen molar-refractivity contribution in [2.75, 3.05) is 14.2 Å². The third-order valence-corrected chi connectivity index (χ3v) is 9.64. The van der Waals surface area contributed by atoms with Gasteiger partial charge in [0.05, 0.1) is 34.7 Å². The van der Waals surface area contributed by atoms with Crippen molar-refractivity contribution in [2.45, 2.75) is 58.4 Å². The highest BCUT2D eigenvalue weighted by Gasteiger charge is 2.13. The van der Waals surface area contributed by atoms with E-state index in [-0.39, 0.29) is 11.8 Å². The first kappa shape index (κ1) is 34.8. The van der Waals surface area contributed by atoms with Crippen molar-refractivity contribution in [1.29, 1.82) is 0 Å². The van der Waals surface area contributed by atoms with Gasteiger partial charge in [-0.3, -0.25) is 4.79 Å². The predicted octanol–water partition coefficient (Wildman–Crippen LogP) is 9.78. The third-order valence-electron chi connectivity index (χ3n) is 7.81. The zero-order valence-corrected chi connectivity index (χ0v) is 29.4. The number of ketones is 1. The van der Waals surface area contributed by atoms with Crippen molar-refractivity contribution in [1.82, 2.24) is 9.97 Å². The van der Waals surface area contributed by atoms with E-state index in [1.807, 2.05) is 85.8 Å². The molecular weight excluding hydrogens is 643 g/mol. The van der Waals surface area contributed by atoms with Crippen LogP contribution in [0.15, 0.2) is 84.9 Å². The van der Waals surface area contributed by atoms with Crippen LogP contribution in [0.25, 0.3) is 20.4 Å². The Morgan fingerprint density at radius 2 is 1.21 bits per heavy atom. The number of carbonyl (C=O) groups excluding carboxylic acids is 1. The van der Waals surface area contributed by atoms with Crippen LogP contribution in [0.2, 0.25) is 0 Å². The smallest absolute Gasteiger partial charge is 0.279 e. The lowest BCUT2D eigenvalue weighted by molar-refractivity contribution is -0.118. The lowest BCUT2D eigenvalue weighted by Crippen LogP contribution is -2.19. The molecule has 2 aromatic heterocycles. The van der Waals surface area contributed by atoms with E-state index in [0.717, 1.165) is 51.0 Å². The number of benzene rings is 4. The molecule has 48 heavy (non-hydrogen) atoms. The summed E-state index contributed by atoms with van der Waals surface area (Å²) < 4.78 is 25.0. The number of hydrogen-bond acceptors (Lipinski definition) is 10. The number of methoxy groups -OCH3 is 2. The molecule has 6 aromatic rings. The quantitative estimate of drug-likeness (QED) is 0.121. The van der Waals surface area contributed by atoms with Gasteiger partial charge in [0.2, 0.25) is 0 Å². The fourth-order valence-electron chi connectivity index (χ4n) is 4.90. The Kier molecular flexibility index (Phi) is 12.4. The number of aromatic nitrogens is 2. The number of hydrogen-bond donors (Lipinski definition) is 1. The van der Waals surface area contributed by atoms with Crippen LogP contribution in [0.4, 0.5) is 0 Å². The SMILES string of the molecule is CCC(=O)CCc1ccc(Oc2nc3ccccc3s2)c(OC)c1.CCC(N)CCc1ccc(Oc2nc3ccccc3s2)c(OC)c1. The fourth-order valence-corrected chi connectivity index (χ4v) is 6.55. The number of carbonyl (C=O) groups is 1. The second-order valence-corrected chi connectivity index (χ2v) is 13.2. The summed E-state index contributed by atoms with van der Waals surface area (Å²) in [5, 5.41) is 1.21. The van der Waals surface area contributed by atoms with Crippen molar-refractivity contribution in [3.05, 3.63) is 96.1 Å². The van der Waals surface area contributed by atoms with Crippen LogP contribution >= 0.6 is 22.7 Å². The van der Waals surface area contributed by atoms with E-state index in [9.17, 15) is 4.79 Å². The normalized spacial score (nSPS) is 11.5. The molecule has 0 saturated heterocycles. The van der Waals surface area contributed by atoms with Gasteiger partial charge in [0, 0.05) is 18.9 Å². The number of ether oxygens (including phenoxy) is 4. The summed E-state index contributed by atoms with van der Waals surface area (Å²) in [6.45, 7) is 4.00.